The molecule has 15 heavy (non-hydrogen) atoms. The van der Waals surface area contributed by atoms with E-state index in [4.69, 9.17) is 17.0 Å². The smallest absolute Gasteiger partial charge is 0.204 e. The first kappa shape index (κ1) is 12.6. The molecule has 1 heterocycles. The van der Waals surface area contributed by atoms with Crippen LogP contribution in [-0.4, -0.2) is 55.5 Å². The minimum Gasteiger partial charge on any atom is -0.378 e. The third-order valence-electron chi connectivity index (χ3n) is 1.64. The van der Waals surface area contributed by atoms with E-state index in [1.165, 1.54) is 11.3 Å². The minimum absolute atomic E-state index is 0.681. The highest BCUT2D eigenvalue weighted by atomic mass is 32.1. The van der Waals surface area contributed by atoms with Crippen LogP contribution in [0.5, 0.6) is 0 Å². The zero-order valence-corrected chi connectivity index (χ0v) is 10.6. The Morgan fingerprint density at radius 2 is 2.33 bits per heavy atom. The SMILES string of the molecule is CN(C)CCOCCNc1n[nH]c(=S)s1. The van der Waals surface area contributed by atoms with Gasteiger partial charge in [-0.05, 0) is 26.3 Å². The van der Waals surface area contributed by atoms with Crippen LogP contribution in [0, 0.1) is 3.95 Å². The van der Waals surface area contributed by atoms with Gasteiger partial charge in [0.1, 0.15) is 0 Å². The van der Waals surface area contributed by atoms with Gasteiger partial charge in [-0.25, -0.2) is 0 Å². The number of ether oxygens (including phenoxy) is 1. The first-order valence-corrected chi connectivity index (χ1v) is 5.93. The van der Waals surface area contributed by atoms with Crippen LogP contribution in [0.15, 0.2) is 0 Å². The van der Waals surface area contributed by atoms with Crippen LogP contribution in [0.25, 0.3) is 0 Å². The van der Waals surface area contributed by atoms with E-state index in [1.807, 2.05) is 14.1 Å². The number of nitrogens with one attached hydrogen (secondary N) is 2. The summed E-state index contributed by atoms with van der Waals surface area (Å²) in [7, 11) is 4.05. The van der Waals surface area contributed by atoms with Crippen molar-refractivity contribution in [1.29, 1.82) is 0 Å². The summed E-state index contributed by atoms with van der Waals surface area (Å²) in [6.45, 7) is 3.13. The lowest BCUT2D eigenvalue weighted by atomic mass is 10.6. The lowest BCUT2D eigenvalue weighted by molar-refractivity contribution is 0.126. The number of rotatable bonds is 7. The van der Waals surface area contributed by atoms with Crippen LogP contribution in [0.1, 0.15) is 0 Å². The maximum Gasteiger partial charge on any atom is 0.204 e. The monoisotopic (exact) mass is 248 g/mol. The van der Waals surface area contributed by atoms with Gasteiger partial charge < -0.3 is 15.0 Å². The van der Waals surface area contributed by atoms with Crippen molar-refractivity contribution in [3.63, 3.8) is 0 Å². The fraction of sp³-hybridized carbons (Fsp3) is 0.750. The van der Waals surface area contributed by atoms with Gasteiger partial charge in [0.15, 0.2) is 3.95 Å². The molecule has 0 aliphatic rings. The summed E-state index contributed by atoms with van der Waals surface area (Å²) < 4.78 is 6.10. The van der Waals surface area contributed by atoms with Crippen LogP contribution in [-0.2, 0) is 4.74 Å². The number of hydrogen-bond donors (Lipinski definition) is 2. The van der Waals surface area contributed by atoms with Crippen molar-refractivity contribution in [3.05, 3.63) is 3.95 Å². The molecule has 0 aromatic carbocycles. The van der Waals surface area contributed by atoms with Gasteiger partial charge in [0.25, 0.3) is 0 Å². The van der Waals surface area contributed by atoms with Crippen LogP contribution < -0.4 is 5.32 Å². The Morgan fingerprint density at radius 3 is 2.93 bits per heavy atom. The Hall–Kier alpha value is -0.500. The van der Waals surface area contributed by atoms with Gasteiger partial charge in [-0.3, -0.25) is 5.10 Å². The highest BCUT2D eigenvalue weighted by Crippen LogP contribution is 2.09. The second-order valence-corrected chi connectivity index (χ2v) is 4.93. The van der Waals surface area contributed by atoms with E-state index in [9.17, 15) is 0 Å². The van der Waals surface area contributed by atoms with Crippen LogP contribution in [0.2, 0.25) is 0 Å². The quantitative estimate of drug-likeness (QED) is 0.561. The number of nitrogens with zero attached hydrogens (tertiary/aromatic N) is 2. The van der Waals surface area contributed by atoms with Crippen molar-refractivity contribution in [1.82, 2.24) is 15.1 Å². The molecule has 5 nitrogen and oxygen atoms in total. The van der Waals surface area contributed by atoms with Crippen molar-refractivity contribution in [3.8, 4) is 0 Å². The highest BCUT2D eigenvalue weighted by molar-refractivity contribution is 7.73. The zero-order chi connectivity index (χ0) is 11.1. The first-order valence-electron chi connectivity index (χ1n) is 4.70. The number of hydrogen-bond acceptors (Lipinski definition) is 6. The summed E-state index contributed by atoms with van der Waals surface area (Å²) in [5.41, 5.74) is 0. The molecule has 0 unspecified atom stereocenters. The molecular formula is C8H16N4OS2. The Morgan fingerprint density at radius 1 is 1.53 bits per heavy atom. The third kappa shape index (κ3) is 5.83. The predicted molar refractivity (Wildman–Crippen MR) is 65.2 cm³/mol. The van der Waals surface area contributed by atoms with E-state index in [0.29, 0.717) is 10.6 Å². The Balaban J connectivity index is 2.00. The van der Waals surface area contributed by atoms with E-state index >= 15 is 0 Å². The molecule has 0 saturated heterocycles. The maximum absolute atomic E-state index is 5.41. The topological polar surface area (TPSA) is 53.2 Å². The van der Waals surface area contributed by atoms with Gasteiger partial charge >= 0.3 is 0 Å². The second kappa shape index (κ2) is 6.89. The van der Waals surface area contributed by atoms with Gasteiger partial charge in [-0.1, -0.05) is 11.3 Å². The average molecular weight is 248 g/mol. The summed E-state index contributed by atoms with van der Waals surface area (Å²) >= 11 is 6.34. The van der Waals surface area contributed by atoms with Gasteiger partial charge in [0, 0.05) is 13.1 Å². The molecular weight excluding hydrogens is 232 g/mol. The molecule has 0 bridgehead atoms. The Kier molecular flexibility index (Phi) is 5.77. The molecule has 7 heteroatoms. The normalized spacial score (nSPS) is 10.9. The van der Waals surface area contributed by atoms with Crippen LogP contribution in [0.3, 0.4) is 0 Å². The molecule has 0 atom stereocenters. The van der Waals surface area contributed by atoms with E-state index < -0.39 is 0 Å². The minimum atomic E-state index is 0.681. The molecule has 1 aromatic rings. The molecule has 1 rings (SSSR count). The molecule has 0 saturated carbocycles. The molecule has 0 amide bonds. The molecule has 0 radical (unpaired) electrons. The van der Waals surface area contributed by atoms with E-state index in [-0.39, 0.29) is 0 Å². The number of likely N-dealkylation sites (N-methyl/N-ethyl adjacent to an activating group) is 1. The number of aromatic amines is 1. The number of aromatic nitrogens is 2. The van der Waals surface area contributed by atoms with E-state index in [1.54, 1.807) is 0 Å². The van der Waals surface area contributed by atoms with Crippen molar-refractivity contribution < 1.29 is 4.74 Å². The molecule has 0 spiro atoms. The molecule has 1 aromatic heterocycles. The Labute approximate surface area is 98.5 Å². The molecule has 86 valence electrons. The van der Waals surface area contributed by atoms with Gasteiger partial charge in [-0.15, -0.1) is 5.10 Å². The summed E-state index contributed by atoms with van der Waals surface area (Å²) in [6.07, 6.45) is 0. The summed E-state index contributed by atoms with van der Waals surface area (Å²) in [5, 5.41) is 10.6. The third-order valence-corrected chi connectivity index (χ3v) is 2.69. The predicted octanol–water partition coefficient (Wildman–Crippen LogP) is 1.19. The highest BCUT2D eigenvalue weighted by Gasteiger charge is 1.95. The molecule has 0 aliphatic carbocycles. The fourth-order valence-corrected chi connectivity index (χ4v) is 1.70. The van der Waals surface area contributed by atoms with E-state index in [2.05, 4.69) is 20.4 Å². The summed E-state index contributed by atoms with van der Waals surface area (Å²) in [4.78, 5) is 2.09. The van der Waals surface area contributed by atoms with Crippen molar-refractivity contribution >= 4 is 28.7 Å². The average Bonchev–Trinajstić information content (AvgIpc) is 2.57. The van der Waals surface area contributed by atoms with Crippen molar-refractivity contribution in [2.75, 3.05) is 45.7 Å². The van der Waals surface area contributed by atoms with Gasteiger partial charge in [0.2, 0.25) is 5.13 Å². The first-order chi connectivity index (χ1) is 7.18. The standard InChI is InChI=1S/C8H16N4OS2/c1-12(2)4-6-13-5-3-9-7-10-11-8(14)15-7/h3-6H2,1-2H3,(H,9,10)(H,11,14). The largest absolute Gasteiger partial charge is 0.378 e. The number of anilines is 1. The summed E-state index contributed by atoms with van der Waals surface area (Å²) in [5.74, 6) is 0. The van der Waals surface area contributed by atoms with Crippen molar-refractivity contribution in [2.45, 2.75) is 0 Å². The number of H-pyrrole nitrogens is 1. The van der Waals surface area contributed by atoms with Gasteiger partial charge in [0.05, 0.1) is 13.2 Å². The van der Waals surface area contributed by atoms with Crippen molar-refractivity contribution in [2.24, 2.45) is 0 Å². The zero-order valence-electron chi connectivity index (χ0n) is 8.95. The fourth-order valence-electron chi connectivity index (χ4n) is 0.885. The maximum atomic E-state index is 5.41. The van der Waals surface area contributed by atoms with E-state index in [0.717, 1.165) is 24.8 Å². The van der Waals surface area contributed by atoms with Crippen LogP contribution in [0.4, 0.5) is 5.13 Å². The lowest BCUT2D eigenvalue weighted by Crippen LogP contribution is -2.19. The second-order valence-electron chi connectivity index (χ2n) is 3.26. The molecule has 0 fully saturated rings. The molecule has 0 aliphatic heterocycles. The lowest BCUT2D eigenvalue weighted by Gasteiger charge is -2.09. The molecule has 2 N–H and O–H groups in total. The Bertz CT molecular complexity index is 322. The van der Waals surface area contributed by atoms with Crippen LogP contribution >= 0.6 is 23.6 Å². The van der Waals surface area contributed by atoms with Gasteiger partial charge in [-0.2, -0.15) is 0 Å². The summed E-state index contributed by atoms with van der Waals surface area (Å²) in [6, 6.07) is 0.